The summed E-state index contributed by atoms with van der Waals surface area (Å²) in [4.78, 5) is 13.3. The Bertz CT molecular complexity index is 836. The summed E-state index contributed by atoms with van der Waals surface area (Å²) in [5, 5.41) is 0. The summed E-state index contributed by atoms with van der Waals surface area (Å²) in [7, 11) is 0. The first kappa shape index (κ1) is 18.6. The van der Waals surface area contributed by atoms with Crippen molar-refractivity contribution in [2.75, 3.05) is 0 Å². The van der Waals surface area contributed by atoms with E-state index in [2.05, 4.69) is 20.8 Å². The summed E-state index contributed by atoms with van der Waals surface area (Å²) in [6.45, 7) is 7.32. The largest absolute Gasteiger partial charge is 0.294 e. The number of Topliss-reactive ketones (excluding diaryl/α,β-unsaturated/α-hetero) is 1. The van der Waals surface area contributed by atoms with Crippen LogP contribution in [0.2, 0.25) is 0 Å². The van der Waals surface area contributed by atoms with Crippen LogP contribution in [-0.2, 0) is 0 Å². The van der Waals surface area contributed by atoms with Crippen LogP contribution in [-0.4, -0.2) is 5.78 Å². The number of halogens is 1. The molecule has 6 atom stereocenters. The molecule has 0 aromatic heterocycles. The van der Waals surface area contributed by atoms with Crippen molar-refractivity contribution in [3.63, 3.8) is 0 Å². The molecule has 0 saturated heterocycles. The number of rotatable bonds is 2. The maximum atomic E-state index is 13.3. The minimum absolute atomic E-state index is 0.110. The number of fused-ring (bicyclic) bond motifs is 5. The molecule has 2 heteroatoms. The van der Waals surface area contributed by atoms with Gasteiger partial charge in [0.1, 0.15) is 5.82 Å². The smallest absolute Gasteiger partial charge is 0.166 e. The second kappa shape index (κ2) is 6.28. The van der Waals surface area contributed by atoms with Gasteiger partial charge in [-0.05, 0) is 111 Å². The maximum absolute atomic E-state index is 13.3. The number of allylic oxidation sites excluding steroid dienone is 2. The van der Waals surface area contributed by atoms with Crippen molar-refractivity contribution in [1.29, 1.82) is 0 Å². The Balaban J connectivity index is 1.43. The average Bonchev–Trinajstić information content (AvgIpc) is 3.18. The molecule has 3 saturated carbocycles. The highest BCUT2D eigenvalue weighted by molar-refractivity contribution is 5.98. The van der Waals surface area contributed by atoms with Crippen LogP contribution in [0.15, 0.2) is 35.4 Å². The normalized spacial score (nSPS) is 42.1. The molecular weight excluding hydrogens is 347 g/mol. The molecule has 0 heterocycles. The molecule has 1 nitrogen and oxygen atoms in total. The second-order valence-electron chi connectivity index (χ2n) is 10.6. The quantitative estimate of drug-likeness (QED) is 0.400. The van der Waals surface area contributed by atoms with Gasteiger partial charge in [0.2, 0.25) is 0 Å². The first-order valence-electron chi connectivity index (χ1n) is 11.3. The van der Waals surface area contributed by atoms with Crippen molar-refractivity contribution in [2.24, 2.45) is 34.5 Å². The van der Waals surface area contributed by atoms with Crippen LogP contribution in [0.4, 0.5) is 4.39 Å². The fourth-order valence-corrected chi connectivity index (χ4v) is 8.18. The van der Waals surface area contributed by atoms with Crippen molar-refractivity contribution >= 4 is 5.78 Å². The van der Waals surface area contributed by atoms with E-state index in [0.717, 1.165) is 18.3 Å². The van der Waals surface area contributed by atoms with E-state index in [1.807, 2.05) is 0 Å². The van der Waals surface area contributed by atoms with Gasteiger partial charge in [0.25, 0.3) is 0 Å². The van der Waals surface area contributed by atoms with Gasteiger partial charge in [0.05, 0.1) is 0 Å². The molecule has 0 radical (unpaired) electrons. The zero-order chi connectivity index (χ0) is 19.7. The van der Waals surface area contributed by atoms with Crippen LogP contribution in [0.3, 0.4) is 0 Å². The second-order valence-corrected chi connectivity index (χ2v) is 10.6. The summed E-state index contributed by atoms with van der Waals surface area (Å²) < 4.78 is 13.3. The van der Waals surface area contributed by atoms with E-state index in [0.29, 0.717) is 16.9 Å². The number of benzene rings is 1. The summed E-state index contributed by atoms with van der Waals surface area (Å²) in [6.07, 6.45) is 9.91. The third kappa shape index (κ3) is 2.45. The fourth-order valence-electron chi connectivity index (χ4n) is 8.18. The topological polar surface area (TPSA) is 17.1 Å². The van der Waals surface area contributed by atoms with Gasteiger partial charge in [-0.25, -0.2) is 4.39 Å². The number of hydrogen-bond acceptors (Lipinski definition) is 1. The first-order chi connectivity index (χ1) is 13.3. The van der Waals surface area contributed by atoms with E-state index in [1.54, 1.807) is 23.3 Å². The zero-order valence-corrected chi connectivity index (χ0v) is 17.6. The SMILES string of the molecule is CC1=C2CC[C@H]3[C@@H]4CC[C@H](C(=O)c5ccc(F)cc5)[C@]4(C)CC[C@@H]3[C@]2(C)CC1. The van der Waals surface area contributed by atoms with Crippen LogP contribution < -0.4 is 0 Å². The van der Waals surface area contributed by atoms with Gasteiger partial charge in [-0.2, -0.15) is 0 Å². The van der Waals surface area contributed by atoms with E-state index >= 15 is 0 Å². The Morgan fingerprint density at radius 2 is 1.71 bits per heavy atom. The van der Waals surface area contributed by atoms with Gasteiger partial charge in [0, 0.05) is 11.5 Å². The van der Waals surface area contributed by atoms with Crippen LogP contribution in [0.25, 0.3) is 0 Å². The molecule has 4 aliphatic carbocycles. The minimum atomic E-state index is -0.265. The molecule has 0 spiro atoms. The Hall–Kier alpha value is -1.44. The lowest BCUT2D eigenvalue weighted by Crippen LogP contribution is -2.49. The molecular formula is C26H33FO. The van der Waals surface area contributed by atoms with Crippen LogP contribution in [0, 0.1) is 40.3 Å². The van der Waals surface area contributed by atoms with Crippen molar-refractivity contribution in [2.45, 2.75) is 72.1 Å². The molecule has 1 aromatic carbocycles. The highest BCUT2D eigenvalue weighted by atomic mass is 19.1. The lowest BCUT2D eigenvalue weighted by molar-refractivity contribution is -0.0412. The molecule has 0 aliphatic heterocycles. The number of ketones is 1. The molecule has 28 heavy (non-hydrogen) atoms. The minimum Gasteiger partial charge on any atom is -0.294 e. The third-order valence-corrected chi connectivity index (χ3v) is 9.65. The van der Waals surface area contributed by atoms with E-state index in [-0.39, 0.29) is 22.9 Å². The van der Waals surface area contributed by atoms with Gasteiger partial charge in [0.15, 0.2) is 5.78 Å². The number of carbonyl (C=O) groups excluding carboxylic acids is 1. The van der Waals surface area contributed by atoms with E-state index in [1.165, 1.54) is 57.1 Å². The average molecular weight is 381 g/mol. The Morgan fingerprint density at radius 1 is 0.964 bits per heavy atom. The van der Waals surface area contributed by atoms with Crippen molar-refractivity contribution in [3.8, 4) is 0 Å². The monoisotopic (exact) mass is 380 g/mol. The van der Waals surface area contributed by atoms with Crippen LogP contribution in [0.5, 0.6) is 0 Å². The highest BCUT2D eigenvalue weighted by Gasteiger charge is 2.60. The van der Waals surface area contributed by atoms with Crippen molar-refractivity contribution in [1.82, 2.24) is 0 Å². The summed E-state index contributed by atoms with van der Waals surface area (Å²) in [5.74, 6) is 2.37. The predicted molar refractivity (Wildman–Crippen MR) is 111 cm³/mol. The Labute approximate surface area is 168 Å². The molecule has 0 bridgehead atoms. The molecule has 3 fully saturated rings. The lowest BCUT2D eigenvalue weighted by Gasteiger charge is -2.56. The molecule has 0 amide bonds. The summed E-state index contributed by atoms with van der Waals surface area (Å²) >= 11 is 0. The molecule has 0 unspecified atom stereocenters. The molecule has 0 N–H and O–H groups in total. The van der Waals surface area contributed by atoms with E-state index < -0.39 is 0 Å². The summed E-state index contributed by atoms with van der Waals surface area (Å²) in [5.41, 5.74) is 4.70. The Kier molecular flexibility index (Phi) is 4.17. The molecule has 4 aliphatic rings. The standard InChI is InChI=1S/C26H33FO/c1-16-12-14-25(2)20(16)9-8-19-21-10-11-23(26(21,3)15-13-22(19)25)24(28)17-4-6-18(27)7-5-17/h4-7,19,21-23H,8-15H2,1-3H3/t19-,21-,22-,23+,25+,26+/m0/s1. The number of hydrogen-bond donors (Lipinski definition) is 0. The fraction of sp³-hybridized carbons (Fsp3) is 0.654. The van der Waals surface area contributed by atoms with E-state index in [9.17, 15) is 9.18 Å². The van der Waals surface area contributed by atoms with Crippen molar-refractivity contribution in [3.05, 3.63) is 46.8 Å². The van der Waals surface area contributed by atoms with Crippen LogP contribution in [0.1, 0.15) is 82.5 Å². The van der Waals surface area contributed by atoms with Crippen molar-refractivity contribution < 1.29 is 9.18 Å². The van der Waals surface area contributed by atoms with Gasteiger partial charge in [-0.15, -0.1) is 0 Å². The third-order valence-electron chi connectivity index (χ3n) is 9.65. The predicted octanol–water partition coefficient (Wildman–Crippen LogP) is 6.98. The summed E-state index contributed by atoms with van der Waals surface area (Å²) in [6, 6.07) is 6.22. The molecule has 5 rings (SSSR count). The number of carbonyl (C=O) groups is 1. The van der Waals surface area contributed by atoms with Crippen LogP contribution >= 0.6 is 0 Å². The maximum Gasteiger partial charge on any atom is 0.166 e. The lowest BCUT2D eigenvalue weighted by atomic mass is 9.48. The molecule has 150 valence electrons. The van der Waals surface area contributed by atoms with Gasteiger partial charge in [-0.3, -0.25) is 4.79 Å². The van der Waals surface area contributed by atoms with Gasteiger partial charge >= 0.3 is 0 Å². The Morgan fingerprint density at radius 3 is 2.46 bits per heavy atom. The molecule has 1 aromatic rings. The van der Waals surface area contributed by atoms with Gasteiger partial charge in [-0.1, -0.05) is 25.0 Å². The first-order valence-corrected chi connectivity index (χ1v) is 11.3. The highest BCUT2D eigenvalue weighted by Crippen LogP contribution is 2.68. The van der Waals surface area contributed by atoms with E-state index in [4.69, 9.17) is 0 Å². The zero-order valence-electron chi connectivity index (χ0n) is 17.6. The van der Waals surface area contributed by atoms with Gasteiger partial charge < -0.3 is 0 Å².